The first-order valence-corrected chi connectivity index (χ1v) is 7.58. The highest BCUT2D eigenvalue weighted by atomic mass is 32.1. The van der Waals surface area contributed by atoms with Gasteiger partial charge in [-0.1, -0.05) is 24.2 Å². The number of rotatable bonds is 2. The summed E-state index contributed by atoms with van der Waals surface area (Å²) in [5.41, 5.74) is 1.13. The summed E-state index contributed by atoms with van der Waals surface area (Å²) < 4.78 is 14.3. The Bertz CT molecular complexity index is 649. The Morgan fingerprint density at radius 1 is 1.40 bits per heavy atom. The van der Waals surface area contributed by atoms with Gasteiger partial charge in [-0.3, -0.25) is 5.32 Å². The molecule has 1 aliphatic rings. The lowest BCUT2D eigenvalue weighted by molar-refractivity contribution is 0.248. The van der Waals surface area contributed by atoms with Crippen molar-refractivity contribution in [2.45, 2.75) is 38.6 Å². The van der Waals surface area contributed by atoms with Crippen LogP contribution in [0.1, 0.15) is 31.2 Å². The first-order chi connectivity index (χ1) is 9.63. The molecule has 2 amide bonds. The van der Waals surface area contributed by atoms with Crippen LogP contribution < -0.4 is 10.6 Å². The molecule has 2 aromatic rings. The minimum atomic E-state index is -0.273. The van der Waals surface area contributed by atoms with Gasteiger partial charge in [-0.2, -0.15) is 0 Å². The van der Waals surface area contributed by atoms with Crippen molar-refractivity contribution in [2.24, 2.45) is 0 Å². The maximum Gasteiger partial charge on any atom is 0.321 e. The van der Waals surface area contributed by atoms with E-state index in [0.29, 0.717) is 16.2 Å². The van der Waals surface area contributed by atoms with E-state index in [-0.39, 0.29) is 17.9 Å². The number of carbonyl (C=O) groups excluding carboxylic acids is 1. The normalized spacial score (nSPS) is 15.7. The molecule has 20 heavy (non-hydrogen) atoms. The van der Waals surface area contributed by atoms with Gasteiger partial charge in [-0.25, -0.2) is 14.2 Å². The number of aromatic nitrogens is 1. The lowest BCUT2D eigenvalue weighted by Crippen LogP contribution is -2.36. The van der Waals surface area contributed by atoms with E-state index < -0.39 is 0 Å². The number of benzene rings is 1. The number of aryl methyl sites for hydroxylation is 1. The molecule has 0 bridgehead atoms. The molecule has 0 spiro atoms. The van der Waals surface area contributed by atoms with E-state index in [4.69, 9.17) is 0 Å². The van der Waals surface area contributed by atoms with Crippen molar-refractivity contribution in [3.05, 3.63) is 23.5 Å². The van der Waals surface area contributed by atoms with E-state index in [1.54, 1.807) is 13.0 Å². The number of nitrogens with zero attached hydrogens (tertiary/aromatic N) is 1. The molecule has 0 aliphatic heterocycles. The third-order valence-corrected chi connectivity index (χ3v) is 4.59. The van der Waals surface area contributed by atoms with Crippen molar-refractivity contribution in [1.82, 2.24) is 10.3 Å². The highest BCUT2D eigenvalue weighted by molar-refractivity contribution is 7.22. The van der Waals surface area contributed by atoms with E-state index in [9.17, 15) is 9.18 Å². The Kier molecular flexibility index (Phi) is 3.56. The minimum absolute atomic E-state index is 0.228. The van der Waals surface area contributed by atoms with E-state index in [1.165, 1.54) is 30.2 Å². The number of urea groups is 1. The molecule has 0 unspecified atom stereocenters. The molecule has 0 radical (unpaired) electrons. The topological polar surface area (TPSA) is 54.0 Å². The molecule has 0 saturated heterocycles. The first-order valence-electron chi connectivity index (χ1n) is 6.76. The molecule has 0 atom stereocenters. The summed E-state index contributed by atoms with van der Waals surface area (Å²) in [4.78, 5) is 16.2. The Hall–Kier alpha value is -1.69. The van der Waals surface area contributed by atoms with Crippen LogP contribution in [0.15, 0.2) is 12.1 Å². The third-order valence-electron chi connectivity index (χ3n) is 3.66. The number of fused-ring (bicyclic) bond motifs is 1. The summed E-state index contributed by atoms with van der Waals surface area (Å²) in [5.74, 6) is -0.273. The lowest BCUT2D eigenvalue weighted by Gasteiger charge is -2.11. The molecule has 1 aromatic carbocycles. The van der Waals surface area contributed by atoms with Gasteiger partial charge in [0.2, 0.25) is 0 Å². The van der Waals surface area contributed by atoms with E-state index >= 15 is 0 Å². The van der Waals surface area contributed by atoms with Gasteiger partial charge in [0.15, 0.2) is 5.13 Å². The van der Waals surface area contributed by atoms with Crippen LogP contribution in [0.2, 0.25) is 0 Å². The molecule has 106 valence electrons. The predicted octanol–water partition coefficient (Wildman–Crippen LogP) is 3.81. The largest absolute Gasteiger partial charge is 0.335 e. The molecular weight excluding hydrogens is 277 g/mol. The van der Waals surface area contributed by atoms with Crippen molar-refractivity contribution in [1.29, 1.82) is 0 Å². The lowest BCUT2D eigenvalue weighted by atomic mass is 10.2. The molecule has 3 rings (SSSR count). The SMILES string of the molecule is Cc1c(F)ccc2sc(NC(=O)NC3CCCC3)nc12. The van der Waals surface area contributed by atoms with Crippen LogP contribution in [0, 0.1) is 12.7 Å². The second-order valence-electron chi connectivity index (χ2n) is 5.12. The molecule has 1 aromatic heterocycles. The summed E-state index contributed by atoms with van der Waals surface area (Å²) >= 11 is 1.36. The highest BCUT2D eigenvalue weighted by Gasteiger charge is 2.18. The number of hydrogen-bond donors (Lipinski definition) is 2. The van der Waals surface area contributed by atoms with Gasteiger partial charge in [0.1, 0.15) is 5.82 Å². The summed E-state index contributed by atoms with van der Waals surface area (Å²) in [7, 11) is 0. The molecule has 1 heterocycles. The Balaban J connectivity index is 1.74. The van der Waals surface area contributed by atoms with Crippen molar-refractivity contribution in [2.75, 3.05) is 5.32 Å². The summed E-state index contributed by atoms with van der Waals surface area (Å²) in [6.45, 7) is 1.69. The summed E-state index contributed by atoms with van der Waals surface area (Å²) in [6.07, 6.45) is 4.42. The highest BCUT2D eigenvalue weighted by Crippen LogP contribution is 2.29. The molecule has 2 N–H and O–H groups in total. The molecule has 1 fully saturated rings. The van der Waals surface area contributed by atoms with Crippen molar-refractivity contribution in [3.63, 3.8) is 0 Å². The van der Waals surface area contributed by atoms with Crippen LogP contribution in [0.4, 0.5) is 14.3 Å². The fourth-order valence-electron chi connectivity index (χ4n) is 2.54. The second-order valence-corrected chi connectivity index (χ2v) is 6.15. The van der Waals surface area contributed by atoms with Gasteiger partial charge in [-0.05, 0) is 31.9 Å². The predicted molar refractivity (Wildman–Crippen MR) is 78.7 cm³/mol. The molecule has 1 saturated carbocycles. The fourth-order valence-corrected chi connectivity index (χ4v) is 3.46. The van der Waals surface area contributed by atoms with Crippen molar-refractivity contribution < 1.29 is 9.18 Å². The van der Waals surface area contributed by atoms with Gasteiger partial charge in [0, 0.05) is 11.6 Å². The Morgan fingerprint density at radius 3 is 2.90 bits per heavy atom. The monoisotopic (exact) mass is 293 g/mol. The minimum Gasteiger partial charge on any atom is -0.335 e. The van der Waals surface area contributed by atoms with Crippen LogP contribution >= 0.6 is 11.3 Å². The number of anilines is 1. The van der Waals surface area contributed by atoms with Crippen LogP contribution in [0.25, 0.3) is 10.2 Å². The number of halogens is 1. The summed E-state index contributed by atoms with van der Waals surface area (Å²) in [6, 6.07) is 3.16. The smallest absolute Gasteiger partial charge is 0.321 e. The van der Waals surface area contributed by atoms with E-state index in [1.807, 2.05) is 0 Å². The first kappa shape index (κ1) is 13.3. The Labute approximate surface area is 120 Å². The molecule has 6 heteroatoms. The molecule has 4 nitrogen and oxygen atoms in total. The second kappa shape index (κ2) is 5.36. The summed E-state index contributed by atoms with van der Waals surface area (Å²) in [5, 5.41) is 6.18. The van der Waals surface area contributed by atoms with Crippen LogP contribution in [0.5, 0.6) is 0 Å². The van der Waals surface area contributed by atoms with Gasteiger partial charge in [0.05, 0.1) is 10.2 Å². The number of thiazole rings is 1. The Morgan fingerprint density at radius 2 is 2.15 bits per heavy atom. The van der Waals surface area contributed by atoms with Crippen LogP contribution in [-0.4, -0.2) is 17.1 Å². The van der Waals surface area contributed by atoms with E-state index in [0.717, 1.165) is 17.5 Å². The molecule has 1 aliphatic carbocycles. The number of nitrogens with one attached hydrogen (secondary N) is 2. The van der Waals surface area contributed by atoms with Crippen LogP contribution in [-0.2, 0) is 0 Å². The average molecular weight is 293 g/mol. The number of amides is 2. The number of hydrogen-bond acceptors (Lipinski definition) is 3. The van der Waals surface area contributed by atoms with Gasteiger partial charge >= 0.3 is 6.03 Å². The zero-order valence-corrected chi connectivity index (χ0v) is 12.0. The average Bonchev–Trinajstić information content (AvgIpc) is 3.03. The van der Waals surface area contributed by atoms with Crippen molar-refractivity contribution in [3.8, 4) is 0 Å². The van der Waals surface area contributed by atoms with Gasteiger partial charge < -0.3 is 5.32 Å². The maximum absolute atomic E-state index is 13.5. The van der Waals surface area contributed by atoms with Crippen LogP contribution in [0.3, 0.4) is 0 Å². The van der Waals surface area contributed by atoms with Gasteiger partial charge in [-0.15, -0.1) is 0 Å². The maximum atomic E-state index is 13.5. The third kappa shape index (κ3) is 2.60. The standard InChI is InChI=1S/C14H16FN3OS/c1-8-10(15)6-7-11-12(8)17-14(20-11)18-13(19)16-9-4-2-3-5-9/h6-7,9H,2-5H2,1H3,(H2,16,17,18,19). The number of carbonyl (C=O) groups is 1. The fraction of sp³-hybridized carbons (Fsp3) is 0.429. The molecular formula is C14H16FN3OS. The van der Waals surface area contributed by atoms with Crippen molar-refractivity contribution >= 4 is 32.7 Å². The quantitative estimate of drug-likeness (QED) is 0.884. The zero-order valence-electron chi connectivity index (χ0n) is 11.2. The zero-order chi connectivity index (χ0) is 14.1. The van der Waals surface area contributed by atoms with Gasteiger partial charge in [0.25, 0.3) is 0 Å². The van der Waals surface area contributed by atoms with E-state index in [2.05, 4.69) is 15.6 Å².